The van der Waals surface area contributed by atoms with Crippen LogP contribution in [0.5, 0.6) is 0 Å². The summed E-state index contributed by atoms with van der Waals surface area (Å²) in [6.07, 6.45) is 2.05. The van der Waals surface area contributed by atoms with Gasteiger partial charge in [0.15, 0.2) is 0 Å². The predicted octanol–water partition coefficient (Wildman–Crippen LogP) is 1.11. The van der Waals surface area contributed by atoms with Gasteiger partial charge in [0.05, 0.1) is 6.54 Å². The second-order valence-corrected chi connectivity index (χ2v) is 4.57. The monoisotopic (exact) mass is 224 g/mol. The van der Waals surface area contributed by atoms with E-state index in [2.05, 4.69) is 22.1 Å². The van der Waals surface area contributed by atoms with Crippen LogP contribution in [0.3, 0.4) is 0 Å². The summed E-state index contributed by atoms with van der Waals surface area (Å²) in [4.78, 5) is 13.6. The summed E-state index contributed by atoms with van der Waals surface area (Å²) in [5.74, 6) is 0.239. The van der Waals surface area contributed by atoms with Gasteiger partial charge in [-0.15, -0.1) is 0 Å². The fourth-order valence-electron chi connectivity index (χ4n) is 1.76. The van der Waals surface area contributed by atoms with Crippen LogP contribution in [0.15, 0.2) is 16.8 Å². The summed E-state index contributed by atoms with van der Waals surface area (Å²) in [5.41, 5.74) is 1.34. The molecule has 1 aromatic heterocycles. The van der Waals surface area contributed by atoms with Crippen LogP contribution in [0, 0.1) is 0 Å². The lowest BCUT2D eigenvalue weighted by atomic mass is 10.2. The van der Waals surface area contributed by atoms with E-state index in [1.807, 2.05) is 4.90 Å². The molecule has 3 nitrogen and oxygen atoms in total. The summed E-state index contributed by atoms with van der Waals surface area (Å²) < 4.78 is 0. The van der Waals surface area contributed by atoms with Gasteiger partial charge in [-0.25, -0.2) is 0 Å². The molecule has 0 radical (unpaired) electrons. The lowest BCUT2D eigenvalue weighted by Crippen LogP contribution is -2.36. The number of nitrogens with zero attached hydrogens (tertiary/aromatic N) is 1. The number of thiophene rings is 1. The molecule has 82 valence electrons. The number of hydrogen-bond acceptors (Lipinski definition) is 3. The maximum atomic E-state index is 11.6. The molecule has 0 spiro atoms. The molecule has 4 heteroatoms. The molecule has 0 unspecified atom stereocenters. The van der Waals surface area contributed by atoms with E-state index in [0.29, 0.717) is 6.54 Å². The Bertz CT molecular complexity index is 310. The minimum absolute atomic E-state index is 0.239. The summed E-state index contributed by atoms with van der Waals surface area (Å²) in [7, 11) is 0. The van der Waals surface area contributed by atoms with Crippen LogP contribution >= 0.6 is 11.3 Å². The molecule has 1 N–H and O–H groups in total. The molecule has 2 heterocycles. The molecule has 2 rings (SSSR count). The van der Waals surface area contributed by atoms with Crippen LogP contribution in [0.25, 0.3) is 0 Å². The van der Waals surface area contributed by atoms with E-state index in [9.17, 15) is 4.79 Å². The molecular formula is C11H16N2OS. The van der Waals surface area contributed by atoms with Gasteiger partial charge in [0, 0.05) is 13.1 Å². The maximum absolute atomic E-state index is 11.6. The van der Waals surface area contributed by atoms with Crippen molar-refractivity contribution in [2.75, 3.05) is 26.2 Å². The lowest BCUT2D eigenvalue weighted by Gasteiger charge is -2.19. The van der Waals surface area contributed by atoms with Gasteiger partial charge in [0.1, 0.15) is 0 Å². The van der Waals surface area contributed by atoms with Crippen molar-refractivity contribution in [1.82, 2.24) is 10.2 Å². The average Bonchev–Trinajstić information content (AvgIpc) is 2.67. The maximum Gasteiger partial charge on any atom is 0.236 e. The molecule has 1 fully saturated rings. The van der Waals surface area contributed by atoms with Crippen molar-refractivity contribution in [1.29, 1.82) is 0 Å². The Morgan fingerprint density at radius 2 is 2.47 bits per heavy atom. The molecular weight excluding hydrogens is 208 g/mol. The number of hydrogen-bond donors (Lipinski definition) is 1. The van der Waals surface area contributed by atoms with Crippen molar-refractivity contribution in [2.45, 2.75) is 12.8 Å². The number of carbonyl (C=O) groups is 1. The zero-order valence-electron chi connectivity index (χ0n) is 8.74. The molecule has 0 atom stereocenters. The fraction of sp³-hybridized carbons (Fsp3) is 0.545. The number of amides is 1. The molecule has 0 saturated carbocycles. The molecule has 1 aromatic rings. The van der Waals surface area contributed by atoms with E-state index < -0.39 is 0 Å². The third kappa shape index (κ3) is 3.04. The van der Waals surface area contributed by atoms with E-state index in [1.165, 1.54) is 5.56 Å². The van der Waals surface area contributed by atoms with Gasteiger partial charge >= 0.3 is 0 Å². The largest absolute Gasteiger partial charge is 0.341 e. The Labute approximate surface area is 94.1 Å². The minimum atomic E-state index is 0.239. The summed E-state index contributed by atoms with van der Waals surface area (Å²) in [5, 5.41) is 7.37. The lowest BCUT2D eigenvalue weighted by molar-refractivity contribution is -0.129. The number of nitrogens with one attached hydrogen (secondary N) is 1. The first-order chi connectivity index (χ1) is 7.36. The van der Waals surface area contributed by atoms with Crippen molar-refractivity contribution in [3.05, 3.63) is 22.4 Å². The van der Waals surface area contributed by atoms with Gasteiger partial charge in [-0.2, -0.15) is 11.3 Å². The Hall–Kier alpha value is -0.870. The molecule has 0 aliphatic carbocycles. The van der Waals surface area contributed by atoms with Crippen molar-refractivity contribution < 1.29 is 4.79 Å². The van der Waals surface area contributed by atoms with E-state index in [-0.39, 0.29) is 5.91 Å². The predicted molar refractivity (Wildman–Crippen MR) is 62.1 cm³/mol. The summed E-state index contributed by atoms with van der Waals surface area (Å²) in [6.45, 7) is 3.22. The second-order valence-electron chi connectivity index (χ2n) is 3.79. The highest BCUT2D eigenvalue weighted by atomic mass is 32.1. The van der Waals surface area contributed by atoms with Crippen molar-refractivity contribution in [3.8, 4) is 0 Å². The average molecular weight is 224 g/mol. The van der Waals surface area contributed by atoms with Crippen molar-refractivity contribution >= 4 is 17.2 Å². The van der Waals surface area contributed by atoms with Crippen LogP contribution in [-0.4, -0.2) is 37.0 Å². The Morgan fingerprint density at radius 1 is 1.53 bits per heavy atom. The van der Waals surface area contributed by atoms with Gasteiger partial charge in [0.25, 0.3) is 0 Å². The molecule has 0 bridgehead atoms. The standard InChI is InChI=1S/C11H16N2OS/c14-11-8-12-4-1-5-13(11)6-2-10-3-7-15-9-10/h3,7,9,12H,1-2,4-6,8H2. The third-order valence-electron chi connectivity index (χ3n) is 2.66. The highest BCUT2D eigenvalue weighted by Gasteiger charge is 2.15. The molecule has 1 aliphatic heterocycles. The molecule has 1 amide bonds. The van der Waals surface area contributed by atoms with Gasteiger partial charge in [-0.1, -0.05) is 0 Å². The zero-order valence-corrected chi connectivity index (χ0v) is 9.55. The normalized spacial score (nSPS) is 17.9. The highest BCUT2D eigenvalue weighted by Crippen LogP contribution is 2.08. The SMILES string of the molecule is O=C1CNCCCN1CCc1ccsc1. The minimum Gasteiger partial charge on any atom is -0.341 e. The van der Waals surface area contributed by atoms with Crippen LogP contribution < -0.4 is 5.32 Å². The summed E-state index contributed by atoms with van der Waals surface area (Å²) >= 11 is 1.72. The van der Waals surface area contributed by atoms with Gasteiger partial charge < -0.3 is 10.2 Å². The first-order valence-electron chi connectivity index (χ1n) is 5.36. The Kier molecular flexibility index (Phi) is 3.75. The zero-order chi connectivity index (χ0) is 10.5. The topological polar surface area (TPSA) is 32.3 Å². The van der Waals surface area contributed by atoms with Crippen molar-refractivity contribution in [3.63, 3.8) is 0 Å². The van der Waals surface area contributed by atoms with Gasteiger partial charge in [-0.05, 0) is 41.8 Å². The van der Waals surface area contributed by atoms with Gasteiger partial charge in [-0.3, -0.25) is 4.79 Å². The summed E-state index contributed by atoms with van der Waals surface area (Å²) in [6, 6.07) is 2.13. The van der Waals surface area contributed by atoms with E-state index in [1.54, 1.807) is 11.3 Å². The molecule has 1 aliphatic rings. The fourth-order valence-corrected chi connectivity index (χ4v) is 2.47. The van der Waals surface area contributed by atoms with Crippen LogP contribution in [0.1, 0.15) is 12.0 Å². The first kappa shape index (κ1) is 10.6. The Balaban J connectivity index is 1.84. The van der Waals surface area contributed by atoms with Crippen LogP contribution in [0.2, 0.25) is 0 Å². The van der Waals surface area contributed by atoms with Gasteiger partial charge in [0.2, 0.25) is 5.91 Å². The second kappa shape index (κ2) is 5.28. The van der Waals surface area contributed by atoms with Crippen LogP contribution in [0.4, 0.5) is 0 Å². The van der Waals surface area contributed by atoms with Crippen molar-refractivity contribution in [2.24, 2.45) is 0 Å². The third-order valence-corrected chi connectivity index (χ3v) is 3.39. The smallest absolute Gasteiger partial charge is 0.236 e. The van der Waals surface area contributed by atoms with E-state index >= 15 is 0 Å². The van der Waals surface area contributed by atoms with Crippen LogP contribution in [-0.2, 0) is 11.2 Å². The number of carbonyl (C=O) groups excluding carboxylic acids is 1. The molecule has 15 heavy (non-hydrogen) atoms. The molecule has 0 aromatic carbocycles. The Morgan fingerprint density at radius 3 is 3.27 bits per heavy atom. The first-order valence-corrected chi connectivity index (χ1v) is 6.30. The highest BCUT2D eigenvalue weighted by molar-refractivity contribution is 7.07. The number of rotatable bonds is 3. The van der Waals surface area contributed by atoms with E-state index in [0.717, 1.165) is 32.5 Å². The van der Waals surface area contributed by atoms with E-state index in [4.69, 9.17) is 0 Å². The quantitative estimate of drug-likeness (QED) is 0.834. The molecule has 1 saturated heterocycles.